The van der Waals surface area contributed by atoms with E-state index in [0.29, 0.717) is 6.04 Å². The Morgan fingerprint density at radius 2 is 2.00 bits per heavy atom. The second-order valence-corrected chi connectivity index (χ2v) is 6.29. The van der Waals surface area contributed by atoms with Crippen LogP contribution in [0.1, 0.15) is 56.7 Å². The standard InChI is InChI=1S/C16H30N4/c1-5-13(17)11-15-12(2)18-20(4)16(15)19(3)14-9-7-6-8-10-14/h13-14H,5-11,17H2,1-4H3. The molecule has 1 aromatic heterocycles. The van der Waals surface area contributed by atoms with Crippen LogP contribution in [0.5, 0.6) is 0 Å². The minimum atomic E-state index is 0.233. The Labute approximate surface area is 123 Å². The molecule has 1 aliphatic carbocycles. The van der Waals surface area contributed by atoms with Crippen molar-refractivity contribution in [2.45, 2.75) is 70.9 Å². The van der Waals surface area contributed by atoms with E-state index in [1.807, 2.05) is 4.68 Å². The third kappa shape index (κ3) is 3.17. The first-order chi connectivity index (χ1) is 9.54. The topological polar surface area (TPSA) is 47.1 Å². The molecule has 4 heteroatoms. The van der Waals surface area contributed by atoms with E-state index in [2.05, 4.69) is 37.9 Å². The first-order valence-corrected chi connectivity index (χ1v) is 8.05. The molecule has 0 aliphatic heterocycles. The van der Waals surface area contributed by atoms with Gasteiger partial charge >= 0.3 is 0 Å². The van der Waals surface area contributed by atoms with Gasteiger partial charge in [-0.25, -0.2) is 0 Å². The molecular weight excluding hydrogens is 248 g/mol. The third-order valence-corrected chi connectivity index (χ3v) is 4.76. The highest BCUT2D eigenvalue weighted by Crippen LogP contribution is 2.30. The molecule has 0 aromatic carbocycles. The predicted molar refractivity (Wildman–Crippen MR) is 85.2 cm³/mol. The van der Waals surface area contributed by atoms with Gasteiger partial charge in [0.05, 0.1) is 5.69 Å². The zero-order chi connectivity index (χ0) is 14.7. The minimum absolute atomic E-state index is 0.233. The van der Waals surface area contributed by atoms with Crippen molar-refractivity contribution in [2.24, 2.45) is 12.8 Å². The van der Waals surface area contributed by atoms with Gasteiger partial charge in [-0.2, -0.15) is 5.10 Å². The van der Waals surface area contributed by atoms with Crippen molar-refractivity contribution < 1.29 is 0 Å². The van der Waals surface area contributed by atoms with E-state index in [0.717, 1.165) is 18.5 Å². The second-order valence-electron chi connectivity index (χ2n) is 6.29. The van der Waals surface area contributed by atoms with Crippen LogP contribution >= 0.6 is 0 Å². The van der Waals surface area contributed by atoms with Crippen molar-refractivity contribution in [1.82, 2.24) is 9.78 Å². The molecular formula is C16H30N4. The maximum Gasteiger partial charge on any atom is 0.130 e. The molecule has 0 radical (unpaired) electrons. The lowest BCUT2D eigenvalue weighted by Gasteiger charge is -2.33. The van der Waals surface area contributed by atoms with E-state index in [-0.39, 0.29) is 6.04 Å². The lowest BCUT2D eigenvalue weighted by molar-refractivity contribution is 0.422. The van der Waals surface area contributed by atoms with E-state index >= 15 is 0 Å². The average Bonchev–Trinajstić information content (AvgIpc) is 2.73. The van der Waals surface area contributed by atoms with Gasteiger partial charge in [-0.15, -0.1) is 0 Å². The van der Waals surface area contributed by atoms with Crippen molar-refractivity contribution in [3.8, 4) is 0 Å². The molecule has 2 rings (SSSR count). The normalized spacial score (nSPS) is 18.2. The van der Waals surface area contributed by atoms with Crippen molar-refractivity contribution in [1.29, 1.82) is 0 Å². The SMILES string of the molecule is CCC(N)Cc1c(C)nn(C)c1N(C)C1CCCCC1. The Kier molecular flexibility index (Phi) is 5.08. The summed E-state index contributed by atoms with van der Waals surface area (Å²) in [6, 6.07) is 0.895. The summed E-state index contributed by atoms with van der Waals surface area (Å²) >= 11 is 0. The van der Waals surface area contributed by atoms with Gasteiger partial charge in [0.25, 0.3) is 0 Å². The molecule has 0 bridgehead atoms. The van der Waals surface area contributed by atoms with Crippen molar-refractivity contribution in [2.75, 3.05) is 11.9 Å². The van der Waals surface area contributed by atoms with E-state index in [4.69, 9.17) is 5.73 Å². The van der Waals surface area contributed by atoms with Crippen LogP contribution in [0.25, 0.3) is 0 Å². The Morgan fingerprint density at radius 3 is 2.60 bits per heavy atom. The largest absolute Gasteiger partial charge is 0.357 e. The van der Waals surface area contributed by atoms with Crippen LogP contribution in [-0.2, 0) is 13.5 Å². The Morgan fingerprint density at radius 1 is 1.35 bits per heavy atom. The molecule has 1 aliphatic rings. The summed E-state index contributed by atoms with van der Waals surface area (Å²) in [7, 11) is 4.29. The molecule has 1 saturated carbocycles. The molecule has 0 spiro atoms. The smallest absolute Gasteiger partial charge is 0.130 e. The van der Waals surface area contributed by atoms with Gasteiger partial charge in [0.15, 0.2) is 0 Å². The molecule has 0 amide bonds. The highest BCUT2D eigenvalue weighted by atomic mass is 15.4. The maximum atomic E-state index is 6.18. The highest BCUT2D eigenvalue weighted by molar-refractivity contribution is 5.51. The summed E-state index contributed by atoms with van der Waals surface area (Å²) < 4.78 is 2.04. The number of nitrogens with zero attached hydrogens (tertiary/aromatic N) is 3. The summed E-state index contributed by atoms with van der Waals surface area (Å²) in [5.74, 6) is 1.28. The Bertz CT molecular complexity index is 432. The van der Waals surface area contributed by atoms with Crippen LogP contribution < -0.4 is 10.6 Å². The molecule has 1 unspecified atom stereocenters. The zero-order valence-corrected chi connectivity index (χ0v) is 13.5. The lowest BCUT2D eigenvalue weighted by Crippen LogP contribution is -2.35. The molecule has 1 heterocycles. The second kappa shape index (κ2) is 6.61. The van der Waals surface area contributed by atoms with Gasteiger partial charge in [0, 0.05) is 31.7 Å². The van der Waals surface area contributed by atoms with E-state index in [1.54, 1.807) is 0 Å². The molecule has 114 valence electrons. The first-order valence-electron chi connectivity index (χ1n) is 8.05. The molecule has 2 N–H and O–H groups in total. The first kappa shape index (κ1) is 15.4. The summed E-state index contributed by atoms with van der Waals surface area (Å²) in [6.07, 6.45) is 8.66. The van der Waals surface area contributed by atoms with Crippen LogP contribution in [0.4, 0.5) is 5.82 Å². The fourth-order valence-corrected chi connectivity index (χ4v) is 3.42. The van der Waals surface area contributed by atoms with Gasteiger partial charge in [-0.1, -0.05) is 26.2 Å². The Hall–Kier alpha value is -1.03. The molecule has 20 heavy (non-hydrogen) atoms. The van der Waals surface area contributed by atoms with Gasteiger partial charge in [-0.05, 0) is 32.6 Å². The van der Waals surface area contributed by atoms with Crippen molar-refractivity contribution in [3.05, 3.63) is 11.3 Å². The number of aromatic nitrogens is 2. The fraction of sp³-hybridized carbons (Fsp3) is 0.812. The van der Waals surface area contributed by atoms with E-state index in [9.17, 15) is 0 Å². The highest BCUT2D eigenvalue weighted by Gasteiger charge is 2.24. The molecule has 1 fully saturated rings. The third-order valence-electron chi connectivity index (χ3n) is 4.76. The van der Waals surface area contributed by atoms with Gasteiger partial charge in [0.1, 0.15) is 5.82 Å². The lowest BCUT2D eigenvalue weighted by atomic mass is 9.94. The maximum absolute atomic E-state index is 6.18. The Balaban J connectivity index is 2.24. The van der Waals surface area contributed by atoms with Crippen molar-refractivity contribution >= 4 is 5.82 Å². The van der Waals surface area contributed by atoms with Gasteiger partial charge in [-0.3, -0.25) is 4.68 Å². The number of hydrogen-bond donors (Lipinski definition) is 1. The summed E-state index contributed by atoms with van der Waals surface area (Å²) in [4.78, 5) is 2.46. The number of aryl methyl sites for hydroxylation is 2. The molecule has 0 saturated heterocycles. The number of nitrogens with two attached hydrogens (primary N) is 1. The number of hydrogen-bond acceptors (Lipinski definition) is 3. The zero-order valence-electron chi connectivity index (χ0n) is 13.5. The van der Waals surface area contributed by atoms with E-state index in [1.165, 1.54) is 43.5 Å². The molecule has 4 nitrogen and oxygen atoms in total. The molecule has 1 atom stereocenters. The van der Waals surface area contributed by atoms with Crippen LogP contribution in [0.2, 0.25) is 0 Å². The monoisotopic (exact) mass is 278 g/mol. The summed E-state index contributed by atoms with van der Waals surface area (Å²) in [5.41, 5.74) is 8.65. The number of anilines is 1. The predicted octanol–water partition coefficient (Wildman–Crippen LogP) is 2.78. The van der Waals surface area contributed by atoms with Gasteiger partial charge in [0.2, 0.25) is 0 Å². The van der Waals surface area contributed by atoms with Crippen molar-refractivity contribution in [3.63, 3.8) is 0 Å². The summed E-state index contributed by atoms with van der Waals surface area (Å²) in [6.45, 7) is 4.26. The minimum Gasteiger partial charge on any atom is -0.357 e. The van der Waals surface area contributed by atoms with Crippen LogP contribution in [0, 0.1) is 6.92 Å². The molecule has 1 aromatic rings. The van der Waals surface area contributed by atoms with E-state index < -0.39 is 0 Å². The van der Waals surface area contributed by atoms with Crippen LogP contribution in [0.3, 0.4) is 0 Å². The number of rotatable bonds is 5. The van der Waals surface area contributed by atoms with Crippen LogP contribution in [-0.4, -0.2) is 28.9 Å². The quantitative estimate of drug-likeness (QED) is 0.901. The average molecular weight is 278 g/mol. The van der Waals surface area contributed by atoms with Gasteiger partial charge < -0.3 is 10.6 Å². The fourth-order valence-electron chi connectivity index (χ4n) is 3.42. The van der Waals surface area contributed by atoms with Crippen LogP contribution in [0.15, 0.2) is 0 Å². The summed E-state index contributed by atoms with van der Waals surface area (Å²) in [5, 5.41) is 4.63.